The lowest BCUT2D eigenvalue weighted by molar-refractivity contribution is 1.22. The van der Waals surface area contributed by atoms with E-state index in [0.717, 1.165) is 28.2 Å². The van der Waals surface area contributed by atoms with Gasteiger partial charge < -0.3 is 4.98 Å². The highest BCUT2D eigenvalue weighted by Gasteiger charge is 2.05. The van der Waals surface area contributed by atoms with Crippen LogP contribution in [0.4, 0.5) is 0 Å². The molecule has 0 spiro atoms. The zero-order valence-electron chi connectivity index (χ0n) is 8.81. The maximum absolute atomic E-state index is 4.45. The van der Waals surface area contributed by atoms with Crippen LogP contribution in [0.2, 0.25) is 0 Å². The average Bonchev–Trinajstić information content (AvgIpc) is 2.73. The zero-order chi connectivity index (χ0) is 11.0. The summed E-state index contributed by atoms with van der Waals surface area (Å²) in [6.45, 7) is 1.96. The van der Waals surface area contributed by atoms with E-state index in [4.69, 9.17) is 0 Å². The number of hydrogen-bond acceptors (Lipinski definition) is 3. The van der Waals surface area contributed by atoms with Crippen LogP contribution >= 0.6 is 0 Å². The van der Waals surface area contributed by atoms with Crippen molar-refractivity contribution < 1.29 is 0 Å². The number of imidazole rings is 1. The van der Waals surface area contributed by atoms with Crippen molar-refractivity contribution >= 4 is 11.2 Å². The smallest absolute Gasteiger partial charge is 0.178 e. The monoisotopic (exact) mass is 210 g/mol. The second kappa shape index (κ2) is 3.41. The lowest BCUT2D eigenvalue weighted by Gasteiger charge is -1.92. The Bertz CT molecular complexity index is 628. The fourth-order valence-corrected chi connectivity index (χ4v) is 1.63. The fraction of sp³-hybridized carbons (Fsp3) is 0.0833. The van der Waals surface area contributed by atoms with Crippen LogP contribution in [-0.2, 0) is 0 Å². The van der Waals surface area contributed by atoms with Gasteiger partial charge in [-0.25, -0.2) is 9.97 Å². The van der Waals surface area contributed by atoms with E-state index in [0.29, 0.717) is 0 Å². The summed E-state index contributed by atoms with van der Waals surface area (Å²) >= 11 is 0. The largest absolute Gasteiger partial charge is 0.337 e. The maximum atomic E-state index is 4.45. The number of aromatic nitrogens is 4. The summed E-state index contributed by atoms with van der Waals surface area (Å²) in [5.74, 6) is 0.829. The second-order valence-electron chi connectivity index (χ2n) is 3.65. The highest BCUT2D eigenvalue weighted by atomic mass is 15.0. The van der Waals surface area contributed by atoms with E-state index in [-0.39, 0.29) is 0 Å². The fourth-order valence-electron chi connectivity index (χ4n) is 1.63. The molecular weight excluding hydrogens is 200 g/mol. The minimum atomic E-state index is 0.756. The van der Waals surface area contributed by atoms with Gasteiger partial charge >= 0.3 is 0 Å². The molecule has 3 aromatic heterocycles. The number of nitrogens with zero attached hydrogens (tertiary/aromatic N) is 3. The van der Waals surface area contributed by atoms with E-state index in [9.17, 15) is 0 Å². The van der Waals surface area contributed by atoms with E-state index in [1.807, 2.05) is 31.2 Å². The number of rotatable bonds is 1. The summed E-state index contributed by atoms with van der Waals surface area (Å²) in [6.07, 6.45) is 3.50. The van der Waals surface area contributed by atoms with Crippen LogP contribution in [0, 0.1) is 6.92 Å². The maximum Gasteiger partial charge on any atom is 0.178 e. The number of aryl methyl sites for hydroxylation is 1. The molecule has 4 heteroatoms. The van der Waals surface area contributed by atoms with Gasteiger partial charge in [-0.2, -0.15) is 0 Å². The Labute approximate surface area is 92.4 Å². The van der Waals surface area contributed by atoms with Gasteiger partial charge in [-0.1, -0.05) is 0 Å². The Morgan fingerprint density at radius 1 is 1.00 bits per heavy atom. The summed E-state index contributed by atoms with van der Waals surface area (Å²) in [4.78, 5) is 16.0. The molecule has 3 rings (SSSR count). The van der Waals surface area contributed by atoms with Gasteiger partial charge in [0.05, 0.1) is 5.52 Å². The summed E-state index contributed by atoms with van der Waals surface area (Å²) in [6, 6.07) is 7.81. The molecule has 0 bridgehead atoms. The molecular formula is C12H10N4. The third-order valence-electron chi connectivity index (χ3n) is 2.44. The zero-order valence-corrected chi connectivity index (χ0v) is 8.81. The Kier molecular flexibility index (Phi) is 1.93. The number of H-pyrrole nitrogens is 1. The molecule has 16 heavy (non-hydrogen) atoms. The molecule has 0 amide bonds. The first-order valence-corrected chi connectivity index (χ1v) is 5.07. The highest BCUT2D eigenvalue weighted by molar-refractivity contribution is 5.75. The van der Waals surface area contributed by atoms with Gasteiger partial charge in [0.25, 0.3) is 0 Å². The highest BCUT2D eigenvalue weighted by Crippen LogP contribution is 2.18. The molecule has 0 unspecified atom stereocenters. The van der Waals surface area contributed by atoms with Crippen LogP contribution in [0.25, 0.3) is 22.6 Å². The molecule has 0 aliphatic rings. The normalized spacial score (nSPS) is 10.8. The number of hydrogen-bond donors (Lipinski definition) is 1. The number of nitrogens with one attached hydrogen (secondary N) is 1. The van der Waals surface area contributed by atoms with Crippen molar-refractivity contribution in [2.24, 2.45) is 0 Å². The molecule has 1 N–H and O–H groups in total. The van der Waals surface area contributed by atoms with Gasteiger partial charge in [0.15, 0.2) is 5.65 Å². The molecule has 0 saturated heterocycles. The molecule has 0 aromatic carbocycles. The molecule has 78 valence electrons. The molecule has 3 heterocycles. The van der Waals surface area contributed by atoms with Gasteiger partial charge in [0.1, 0.15) is 5.82 Å². The molecule has 0 aliphatic heterocycles. The lowest BCUT2D eigenvalue weighted by atomic mass is 10.3. The lowest BCUT2D eigenvalue weighted by Crippen LogP contribution is -1.81. The van der Waals surface area contributed by atoms with Crippen molar-refractivity contribution in [3.8, 4) is 11.4 Å². The average molecular weight is 210 g/mol. The predicted molar refractivity (Wildman–Crippen MR) is 61.9 cm³/mol. The number of pyridine rings is 2. The molecule has 0 aliphatic carbocycles. The van der Waals surface area contributed by atoms with Crippen molar-refractivity contribution in [1.82, 2.24) is 19.9 Å². The Morgan fingerprint density at radius 2 is 1.81 bits per heavy atom. The molecule has 0 fully saturated rings. The van der Waals surface area contributed by atoms with Gasteiger partial charge in [-0.05, 0) is 31.2 Å². The van der Waals surface area contributed by atoms with E-state index >= 15 is 0 Å². The number of fused-ring (bicyclic) bond motifs is 1. The first kappa shape index (κ1) is 9.03. The minimum Gasteiger partial charge on any atom is -0.337 e. The number of aromatic amines is 1. The van der Waals surface area contributed by atoms with Crippen molar-refractivity contribution in [1.29, 1.82) is 0 Å². The van der Waals surface area contributed by atoms with E-state index in [2.05, 4.69) is 19.9 Å². The van der Waals surface area contributed by atoms with Crippen LogP contribution in [0.3, 0.4) is 0 Å². The Morgan fingerprint density at radius 3 is 2.62 bits per heavy atom. The predicted octanol–water partition coefficient (Wildman–Crippen LogP) is 2.33. The summed E-state index contributed by atoms with van der Waals surface area (Å²) in [5, 5.41) is 0. The van der Waals surface area contributed by atoms with Crippen LogP contribution < -0.4 is 0 Å². The second-order valence-corrected chi connectivity index (χ2v) is 3.65. The SMILES string of the molecule is Cc1ccc2[nH]c(-c3ccncc3)nc2n1. The topological polar surface area (TPSA) is 54.5 Å². The summed E-state index contributed by atoms with van der Waals surface area (Å²) in [5.41, 5.74) is 3.70. The van der Waals surface area contributed by atoms with Crippen molar-refractivity contribution in [2.75, 3.05) is 0 Å². The van der Waals surface area contributed by atoms with E-state index in [1.54, 1.807) is 12.4 Å². The van der Waals surface area contributed by atoms with E-state index in [1.165, 1.54) is 0 Å². The Balaban J connectivity index is 2.19. The molecule has 4 nitrogen and oxygen atoms in total. The summed E-state index contributed by atoms with van der Waals surface area (Å²) < 4.78 is 0. The third kappa shape index (κ3) is 1.44. The van der Waals surface area contributed by atoms with Crippen LogP contribution in [-0.4, -0.2) is 19.9 Å². The first-order chi connectivity index (χ1) is 7.83. The molecule has 0 saturated carbocycles. The Hall–Kier alpha value is -2.23. The van der Waals surface area contributed by atoms with Gasteiger partial charge in [-0.15, -0.1) is 0 Å². The van der Waals surface area contributed by atoms with Crippen LogP contribution in [0.15, 0.2) is 36.7 Å². The molecule has 3 aromatic rings. The summed E-state index contributed by atoms with van der Waals surface area (Å²) in [7, 11) is 0. The first-order valence-electron chi connectivity index (χ1n) is 5.07. The standard InChI is InChI=1S/C12H10N4/c1-8-2-3-10-12(14-8)16-11(15-10)9-4-6-13-7-5-9/h2-7H,1H3,(H,14,15,16). The van der Waals surface area contributed by atoms with Crippen molar-refractivity contribution in [3.05, 3.63) is 42.4 Å². The van der Waals surface area contributed by atoms with Crippen molar-refractivity contribution in [2.45, 2.75) is 6.92 Å². The van der Waals surface area contributed by atoms with E-state index < -0.39 is 0 Å². The molecule has 0 radical (unpaired) electrons. The van der Waals surface area contributed by atoms with Gasteiger partial charge in [0.2, 0.25) is 0 Å². The van der Waals surface area contributed by atoms with Gasteiger partial charge in [0, 0.05) is 23.7 Å². The van der Waals surface area contributed by atoms with Crippen molar-refractivity contribution in [3.63, 3.8) is 0 Å². The van der Waals surface area contributed by atoms with Crippen LogP contribution in [0.1, 0.15) is 5.69 Å². The third-order valence-corrected chi connectivity index (χ3v) is 2.44. The molecule has 0 atom stereocenters. The quantitative estimate of drug-likeness (QED) is 0.670. The van der Waals surface area contributed by atoms with Crippen LogP contribution in [0.5, 0.6) is 0 Å². The van der Waals surface area contributed by atoms with Gasteiger partial charge in [-0.3, -0.25) is 4.98 Å². The minimum absolute atomic E-state index is 0.756.